The average Bonchev–Trinajstić information content (AvgIpc) is 2.56. The molecular formula is C19H20F4N2O. The molecule has 0 bridgehead atoms. The van der Waals surface area contributed by atoms with Gasteiger partial charge in [0.2, 0.25) is 0 Å². The Morgan fingerprint density at radius 1 is 1.08 bits per heavy atom. The second kappa shape index (κ2) is 7.76. The van der Waals surface area contributed by atoms with Crippen molar-refractivity contribution in [2.45, 2.75) is 33.5 Å². The Kier molecular flexibility index (Phi) is 5.90. The highest BCUT2D eigenvalue weighted by Crippen LogP contribution is 2.23. The van der Waals surface area contributed by atoms with Gasteiger partial charge in [0.25, 0.3) is 5.91 Å². The SMILES string of the molecule is Cc1ccc(C)c(CNc2cc(C(=O)NCC(F)(F)F)cc(F)c2C)c1. The molecule has 26 heavy (non-hydrogen) atoms. The van der Waals surface area contributed by atoms with Gasteiger partial charge in [-0.1, -0.05) is 23.8 Å². The standard InChI is InChI=1S/C19H20F4N2O/c1-11-4-5-12(2)15(6-11)9-24-17-8-14(7-16(20)13(17)3)18(26)25-10-19(21,22)23/h4-8,24H,9-10H2,1-3H3,(H,25,26). The number of alkyl halides is 3. The Balaban J connectivity index is 2.19. The Morgan fingerprint density at radius 2 is 1.77 bits per heavy atom. The van der Waals surface area contributed by atoms with Gasteiger partial charge in [0.05, 0.1) is 0 Å². The van der Waals surface area contributed by atoms with E-state index in [1.807, 2.05) is 32.0 Å². The molecule has 0 heterocycles. The molecule has 2 N–H and O–H groups in total. The number of halogens is 4. The van der Waals surface area contributed by atoms with Crippen molar-refractivity contribution in [1.29, 1.82) is 0 Å². The maximum atomic E-state index is 14.1. The van der Waals surface area contributed by atoms with Gasteiger partial charge in [0.1, 0.15) is 12.4 Å². The summed E-state index contributed by atoms with van der Waals surface area (Å²) in [5, 5.41) is 4.81. The van der Waals surface area contributed by atoms with Crippen molar-refractivity contribution in [2.75, 3.05) is 11.9 Å². The molecule has 0 saturated heterocycles. The second-order valence-corrected chi connectivity index (χ2v) is 6.21. The highest BCUT2D eigenvalue weighted by molar-refractivity contribution is 5.95. The van der Waals surface area contributed by atoms with Gasteiger partial charge < -0.3 is 10.6 Å². The smallest absolute Gasteiger partial charge is 0.381 e. The minimum atomic E-state index is -4.53. The number of nitrogens with one attached hydrogen (secondary N) is 2. The van der Waals surface area contributed by atoms with Crippen molar-refractivity contribution >= 4 is 11.6 Å². The first-order chi connectivity index (χ1) is 12.1. The van der Waals surface area contributed by atoms with E-state index in [9.17, 15) is 22.4 Å². The molecule has 0 aromatic heterocycles. The van der Waals surface area contributed by atoms with E-state index in [4.69, 9.17) is 0 Å². The zero-order valence-electron chi connectivity index (χ0n) is 14.7. The minimum absolute atomic E-state index is 0.166. The third-order valence-electron chi connectivity index (χ3n) is 4.03. The number of anilines is 1. The number of rotatable bonds is 5. The molecule has 0 aliphatic heterocycles. The fourth-order valence-corrected chi connectivity index (χ4v) is 2.46. The molecule has 2 rings (SSSR count). The fraction of sp³-hybridized carbons (Fsp3) is 0.316. The van der Waals surface area contributed by atoms with E-state index >= 15 is 0 Å². The number of hydrogen-bond donors (Lipinski definition) is 2. The van der Waals surface area contributed by atoms with Crippen LogP contribution in [0.1, 0.15) is 32.6 Å². The van der Waals surface area contributed by atoms with Crippen molar-refractivity contribution in [3.63, 3.8) is 0 Å². The zero-order chi connectivity index (χ0) is 19.5. The molecular weight excluding hydrogens is 348 g/mol. The molecule has 0 saturated carbocycles. The first kappa shape index (κ1) is 19.8. The van der Waals surface area contributed by atoms with Crippen LogP contribution in [-0.4, -0.2) is 18.6 Å². The molecule has 1 amide bonds. The van der Waals surface area contributed by atoms with Gasteiger partial charge in [0.15, 0.2) is 0 Å². The van der Waals surface area contributed by atoms with Crippen molar-refractivity contribution in [1.82, 2.24) is 5.32 Å². The number of aryl methyl sites for hydroxylation is 2. The van der Waals surface area contributed by atoms with Crippen molar-refractivity contribution in [3.8, 4) is 0 Å². The van der Waals surface area contributed by atoms with Gasteiger partial charge in [-0.25, -0.2) is 4.39 Å². The van der Waals surface area contributed by atoms with Gasteiger partial charge >= 0.3 is 6.18 Å². The van der Waals surface area contributed by atoms with Gasteiger partial charge in [-0.2, -0.15) is 13.2 Å². The van der Waals surface area contributed by atoms with Crippen LogP contribution in [0.25, 0.3) is 0 Å². The van der Waals surface area contributed by atoms with Crippen LogP contribution in [0.15, 0.2) is 30.3 Å². The molecule has 0 radical (unpaired) electrons. The molecule has 0 aliphatic rings. The van der Waals surface area contributed by atoms with Crippen LogP contribution in [0.4, 0.5) is 23.2 Å². The Bertz CT molecular complexity index is 816. The summed E-state index contributed by atoms with van der Waals surface area (Å²) in [7, 11) is 0. The van der Waals surface area contributed by atoms with E-state index < -0.39 is 24.4 Å². The Morgan fingerprint density at radius 3 is 2.42 bits per heavy atom. The number of amides is 1. The number of carbonyl (C=O) groups is 1. The van der Waals surface area contributed by atoms with E-state index in [0.29, 0.717) is 17.8 Å². The molecule has 0 atom stereocenters. The van der Waals surface area contributed by atoms with Crippen LogP contribution in [0.2, 0.25) is 0 Å². The van der Waals surface area contributed by atoms with Gasteiger partial charge in [-0.3, -0.25) is 4.79 Å². The molecule has 7 heteroatoms. The van der Waals surface area contributed by atoms with E-state index in [2.05, 4.69) is 5.32 Å². The normalized spacial score (nSPS) is 11.3. The molecule has 3 nitrogen and oxygen atoms in total. The van der Waals surface area contributed by atoms with Crippen LogP contribution in [0, 0.1) is 26.6 Å². The molecule has 2 aromatic rings. The van der Waals surface area contributed by atoms with Crippen molar-refractivity contribution in [3.05, 3.63) is 64.0 Å². The first-order valence-electron chi connectivity index (χ1n) is 8.02. The van der Waals surface area contributed by atoms with Gasteiger partial charge in [0, 0.05) is 23.4 Å². The predicted octanol–water partition coefficient (Wildman–Crippen LogP) is 4.66. The lowest BCUT2D eigenvalue weighted by molar-refractivity contribution is -0.123. The molecule has 0 fully saturated rings. The molecule has 0 aliphatic carbocycles. The van der Waals surface area contributed by atoms with Crippen LogP contribution < -0.4 is 10.6 Å². The first-order valence-corrected chi connectivity index (χ1v) is 8.02. The molecule has 2 aromatic carbocycles. The van der Waals surface area contributed by atoms with Crippen molar-refractivity contribution < 1.29 is 22.4 Å². The average molecular weight is 368 g/mol. The summed E-state index contributed by atoms with van der Waals surface area (Å²) in [6.45, 7) is 4.39. The second-order valence-electron chi connectivity index (χ2n) is 6.21. The topological polar surface area (TPSA) is 41.1 Å². The quantitative estimate of drug-likeness (QED) is 0.754. The third-order valence-corrected chi connectivity index (χ3v) is 4.03. The predicted molar refractivity (Wildman–Crippen MR) is 92.8 cm³/mol. The lowest BCUT2D eigenvalue weighted by Crippen LogP contribution is -2.33. The van der Waals surface area contributed by atoms with Crippen LogP contribution >= 0.6 is 0 Å². The van der Waals surface area contributed by atoms with E-state index in [1.165, 1.54) is 13.0 Å². The molecule has 0 spiro atoms. The monoisotopic (exact) mass is 368 g/mol. The van der Waals surface area contributed by atoms with Crippen molar-refractivity contribution in [2.24, 2.45) is 0 Å². The van der Waals surface area contributed by atoms with Gasteiger partial charge in [-0.15, -0.1) is 0 Å². The van der Waals surface area contributed by atoms with Gasteiger partial charge in [-0.05, 0) is 44.0 Å². The number of benzene rings is 2. The molecule has 0 unspecified atom stereocenters. The number of hydrogen-bond acceptors (Lipinski definition) is 2. The van der Waals surface area contributed by atoms with Crippen LogP contribution in [0.5, 0.6) is 0 Å². The van der Waals surface area contributed by atoms with E-state index in [1.54, 1.807) is 5.32 Å². The fourth-order valence-electron chi connectivity index (χ4n) is 2.46. The zero-order valence-corrected chi connectivity index (χ0v) is 14.7. The summed E-state index contributed by atoms with van der Waals surface area (Å²) < 4.78 is 50.8. The summed E-state index contributed by atoms with van der Waals surface area (Å²) in [4.78, 5) is 11.9. The third kappa shape index (κ3) is 5.21. The maximum Gasteiger partial charge on any atom is 0.405 e. The number of carbonyl (C=O) groups excluding carboxylic acids is 1. The Labute approximate surface area is 149 Å². The van der Waals surface area contributed by atoms with Crippen LogP contribution in [-0.2, 0) is 6.54 Å². The maximum absolute atomic E-state index is 14.1. The lowest BCUT2D eigenvalue weighted by Gasteiger charge is -2.15. The summed E-state index contributed by atoms with van der Waals surface area (Å²) in [5.41, 5.74) is 3.64. The largest absolute Gasteiger partial charge is 0.405 e. The van der Waals surface area contributed by atoms with Crippen LogP contribution in [0.3, 0.4) is 0 Å². The highest BCUT2D eigenvalue weighted by atomic mass is 19.4. The summed E-state index contributed by atoms with van der Waals surface area (Å²) in [6.07, 6.45) is -4.53. The summed E-state index contributed by atoms with van der Waals surface area (Å²) in [5.74, 6) is -1.64. The highest BCUT2D eigenvalue weighted by Gasteiger charge is 2.28. The Hall–Kier alpha value is -2.57. The minimum Gasteiger partial charge on any atom is -0.381 e. The van der Waals surface area contributed by atoms with E-state index in [0.717, 1.165) is 22.8 Å². The summed E-state index contributed by atoms with van der Waals surface area (Å²) >= 11 is 0. The van der Waals surface area contributed by atoms with E-state index in [-0.39, 0.29) is 5.56 Å². The molecule has 140 valence electrons. The lowest BCUT2D eigenvalue weighted by atomic mass is 10.0. The summed E-state index contributed by atoms with van der Waals surface area (Å²) in [6, 6.07) is 8.24.